The van der Waals surface area contributed by atoms with Crippen LogP contribution in [0.4, 0.5) is 0 Å². The largest absolute Gasteiger partial charge is 0.380 e. The molecule has 0 aliphatic heterocycles. The van der Waals surface area contributed by atoms with Crippen molar-refractivity contribution in [3.63, 3.8) is 0 Å². The van der Waals surface area contributed by atoms with Gasteiger partial charge in [0.25, 0.3) is 0 Å². The monoisotopic (exact) mass is 245 g/mol. The summed E-state index contributed by atoms with van der Waals surface area (Å²) in [5.74, 6) is 1.26. The summed E-state index contributed by atoms with van der Waals surface area (Å²) < 4.78 is 5.48. The van der Waals surface area contributed by atoms with Crippen molar-refractivity contribution in [2.24, 2.45) is 0 Å². The van der Waals surface area contributed by atoms with Crippen molar-refractivity contribution < 1.29 is 4.74 Å². The van der Waals surface area contributed by atoms with Crippen molar-refractivity contribution in [1.82, 2.24) is 5.32 Å². The Morgan fingerprint density at radius 2 is 2.00 bits per heavy atom. The molecular formula is C13H27NOS. The number of rotatable bonds is 10. The molecule has 0 heterocycles. The highest BCUT2D eigenvalue weighted by atomic mass is 32.2. The molecule has 1 aliphatic rings. The first kappa shape index (κ1) is 14.3. The van der Waals surface area contributed by atoms with E-state index in [1.165, 1.54) is 44.3 Å². The maximum absolute atomic E-state index is 5.48. The molecule has 0 amide bonds. The van der Waals surface area contributed by atoms with Crippen LogP contribution in [0.25, 0.3) is 0 Å². The van der Waals surface area contributed by atoms with Crippen molar-refractivity contribution in [2.75, 3.05) is 32.1 Å². The van der Waals surface area contributed by atoms with Gasteiger partial charge in [0.1, 0.15) is 0 Å². The van der Waals surface area contributed by atoms with Gasteiger partial charge < -0.3 is 10.1 Å². The zero-order valence-corrected chi connectivity index (χ0v) is 11.5. The van der Waals surface area contributed by atoms with Crippen LogP contribution >= 0.6 is 11.8 Å². The molecule has 0 radical (unpaired) electrons. The maximum Gasteiger partial charge on any atom is 0.0590 e. The molecule has 0 aromatic rings. The summed E-state index contributed by atoms with van der Waals surface area (Å²) in [5, 5.41) is 4.40. The molecule has 16 heavy (non-hydrogen) atoms. The van der Waals surface area contributed by atoms with Gasteiger partial charge in [-0.15, -0.1) is 0 Å². The van der Waals surface area contributed by atoms with Crippen LogP contribution in [0.5, 0.6) is 0 Å². The lowest BCUT2D eigenvalue weighted by Crippen LogP contribution is -2.23. The van der Waals surface area contributed by atoms with Crippen molar-refractivity contribution in [2.45, 2.75) is 50.7 Å². The predicted molar refractivity (Wildman–Crippen MR) is 73.3 cm³/mol. The van der Waals surface area contributed by atoms with Gasteiger partial charge in [-0.3, -0.25) is 0 Å². The molecular weight excluding hydrogens is 218 g/mol. The molecule has 0 saturated heterocycles. The quantitative estimate of drug-likeness (QED) is 0.598. The molecule has 0 atom stereocenters. The second-order valence-electron chi connectivity index (χ2n) is 4.49. The van der Waals surface area contributed by atoms with E-state index in [0.29, 0.717) is 0 Å². The number of nitrogens with one attached hydrogen (secondary N) is 1. The Kier molecular flexibility index (Phi) is 9.34. The van der Waals surface area contributed by atoms with Crippen LogP contribution in [0.3, 0.4) is 0 Å². The summed E-state index contributed by atoms with van der Waals surface area (Å²) in [4.78, 5) is 0. The van der Waals surface area contributed by atoms with E-state index < -0.39 is 0 Å². The van der Waals surface area contributed by atoms with Crippen LogP contribution in [0.15, 0.2) is 0 Å². The van der Waals surface area contributed by atoms with Gasteiger partial charge in [0.05, 0.1) is 6.61 Å². The van der Waals surface area contributed by atoms with Gasteiger partial charge in [0, 0.05) is 30.7 Å². The molecule has 1 saturated carbocycles. The van der Waals surface area contributed by atoms with Gasteiger partial charge in [-0.1, -0.05) is 26.2 Å². The Bertz CT molecular complexity index is 149. The zero-order chi connectivity index (χ0) is 11.5. The lowest BCUT2D eigenvalue weighted by Gasteiger charge is -2.09. The lowest BCUT2D eigenvalue weighted by molar-refractivity contribution is 0.133. The third kappa shape index (κ3) is 7.53. The zero-order valence-electron chi connectivity index (χ0n) is 10.7. The van der Waals surface area contributed by atoms with Crippen molar-refractivity contribution in [3.05, 3.63) is 0 Å². The molecule has 0 aromatic heterocycles. The highest BCUT2D eigenvalue weighted by Crippen LogP contribution is 2.28. The summed E-state index contributed by atoms with van der Waals surface area (Å²) in [5.41, 5.74) is 0. The van der Waals surface area contributed by atoms with Crippen molar-refractivity contribution in [1.29, 1.82) is 0 Å². The topological polar surface area (TPSA) is 21.3 Å². The van der Waals surface area contributed by atoms with Crippen LogP contribution in [-0.4, -0.2) is 37.3 Å². The lowest BCUT2D eigenvalue weighted by atomic mass is 10.4. The fourth-order valence-electron chi connectivity index (χ4n) is 1.97. The van der Waals surface area contributed by atoms with E-state index in [1.807, 2.05) is 0 Å². The molecule has 1 aliphatic carbocycles. The second-order valence-corrected chi connectivity index (χ2v) is 5.90. The minimum absolute atomic E-state index is 0.869. The molecule has 0 bridgehead atoms. The second kappa shape index (κ2) is 10.4. The minimum Gasteiger partial charge on any atom is -0.380 e. The summed E-state index contributed by atoms with van der Waals surface area (Å²) in [6, 6.07) is 0. The smallest absolute Gasteiger partial charge is 0.0590 e. The number of ether oxygens (including phenoxy) is 1. The molecule has 96 valence electrons. The molecule has 1 rings (SSSR count). The fraction of sp³-hybridized carbons (Fsp3) is 1.00. The van der Waals surface area contributed by atoms with Gasteiger partial charge >= 0.3 is 0 Å². The molecule has 0 aromatic carbocycles. The van der Waals surface area contributed by atoms with Gasteiger partial charge in [-0.25, -0.2) is 0 Å². The van der Waals surface area contributed by atoms with E-state index in [0.717, 1.165) is 31.6 Å². The van der Waals surface area contributed by atoms with E-state index in [1.54, 1.807) is 0 Å². The third-order valence-electron chi connectivity index (χ3n) is 3.00. The molecule has 3 heteroatoms. The Morgan fingerprint density at radius 3 is 2.75 bits per heavy atom. The number of thioether (sulfide) groups is 1. The van der Waals surface area contributed by atoms with Gasteiger partial charge in [-0.05, 0) is 19.3 Å². The molecule has 0 unspecified atom stereocenters. The normalized spacial score (nSPS) is 17.1. The fourth-order valence-corrected chi connectivity index (χ4v) is 3.23. The van der Waals surface area contributed by atoms with Crippen LogP contribution in [0.2, 0.25) is 0 Å². The highest BCUT2D eigenvalue weighted by Gasteiger charge is 2.14. The minimum atomic E-state index is 0.869. The van der Waals surface area contributed by atoms with Gasteiger partial charge in [0.2, 0.25) is 0 Å². The first-order chi connectivity index (χ1) is 7.93. The first-order valence-corrected chi connectivity index (χ1v) is 7.88. The van der Waals surface area contributed by atoms with Crippen LogP contribution < -0.4 is 5.32 Å². The number of hydrogen-bond donors (Lipinski definition) is 1. The van der Waals surface area contributed by atoms with Crippen molar-refractivity contribution in [3.8, 4) is 0 Å². The average Bonchev–Trinajstić information content (AvgIpc) is 2.80. The first-order valence-electron chi connectivity index (χ1n) is 6.83. The van der Waals surface area contributed by atoms with E-state index in [2.05, 4.69) is 24.0 Å². The van der Waals surface area contributed by atoms with Crippen molar-refractivity contribution >= 4 is 11.8 Å². The molecule has 0 spiro atoms. The third-order valence-corrected chi connectivity index (χ3v) is 4.38. The molecule has 1 fully saturated rings. The Labute approximate surface area is 105 Å². The Hall–Kier alpha value is 0.270. The van der Waals surface area contributed by atoms with E-state index >= 15 is 0 Å². The van der Waals surface area contributed by atoms with Crippen LogP contribution in [-0.2, 0) is 4.74 Å². The van der Waals surface area contributed by atoms with Gasteiger partial charge in [0.15, 0.2) is 0 Å². The maximum atomic E-state index is 5.48. The van der Waals surface area contributed by atoms with E-state index in [4.69, 9.17) is 4.74 Å². The highest BCUT2D eigenvalue weighted by molar-refractivity contribution is 7.99. The number of hydrogen-bond acceptors (Lipinski definition) is 3. The summed E-state index contributed by atoms with van der Waals surface area (Å²) in [6.45, 7) is 6.14. The van der Waals surface area contributed by atoms with E-state index in [9.17, 15) is 0 Å². The average molecular weight is 245 g/mol. The summed E-state index contributed by atoms with van der Waals surface area (Å²) in [7, 11) is 0. The predicted octanol–water partition coefficient (Wildman–Crippen LogP) is 3.07. The van der Waals surface area contributed by atoms with Crippen LogP contribution in [0, 0.1) is 0 Å². The number of unbranched alkanes of at least 4 members (excludes halogenated alkanes) is 1. The SMILES string of the molecule is CCCCOCCNCCSC1CCCC1. The molecule has 2 nitrogen and oxygen atoms in total. The van der Waals surface area contributed by atoms with Crippen LogP contribution in [0.1, 0.15) is 45.4 Å². The van der Waals surface area contributed by atoms with Gasteiger partial charge in [-0.2, -0.15) is 11.8 Å². The van der Waals surface area contributed by atoms with E-state index in [-0.39, 0.29) is 0 Å². The molecule has 1 N–H and O–H groups in total. The Morgan fingerprint density at radius 1 is 1.19 bits per heavy atom. The summed E-state index contributed by atoms with van der Waals surface area (Å²) in [6.07, 6.45) is 8.23. The standard InChI is InChI=1S/C13H27NOS/c1-2-3-10-15-11-8-14-9-12-16-13-6-4-5-7-13/h13-14H,2-12H2,1H3. The summed E-state index contributed by atoms with van der Waals surface area (Å²) >= 11 is 2.15. The Balaban J connectivity index is 1.71.